The number of methoxy groups -OCH3 is 1. The van der Waals surface area contributed by atoms with Crippen LogP contribution in [0.2, 0.25) is 0 Å². The van der Waals surface area contributed by atoms with Gasteiger partial charge in [-0.25, -0.2) is 8.97 Å². The number of Topliss-reactive ketones (excluding diaryl/α,β-unsaturated/α-hetero) is 1. The van der Waals surface area contributed by atoms with Gasteiger partial charge in [0.25, 0.3) is 5.56 Å². The molecule has 9 heteroatoms. The molecule has 182 valence electrons. The smallest absolute Gasteiger partial charge is 0.268 e. The van der Waals surface area contributed by atoms with Crippen molar-refractivity contribution in [2.45, 2.75) is 31.3 Å². The first-order valence-electron chi connectivity index (χ1n) is 11.8. The molecule has 0 N–H and O–H groups in total. The number of hydrogen-bond acceptors (Lipinski definition) is 7. The van der Waals surface area contributed by atoms with Crippen LogP contribution in [0.25, 0.3) is 21.7 Å². The third-order valence-electron chi connectivity index (χ3n) is 6.69. The summed E-state index contributed by atoms with van der Waals surface area (Å²) in [5, 5.41) is 10.2. The molecular formula is C27H24N4O3S2. The van der Waals surface area contributed by atoms with Crippen LogP contribution >= 0.6 is 23.1 Å². The molecule has 3 heterocycles. The average molecular weight is 517 g/mol. The molecule has 6 rings (SSSR count). The van der Waals surface area contributed by atoms with E-state index in [1.54, 1.807) is 23.0 Å². The third kappa shape index (κ3) is 3.83. The number of hydrogen-bond donors (Lipinski definition) is 0. The minimum Gasteiger partial charge on any atom is -0.497 e. The molecule has 0 radical (unpaired) electrons. The monoisotopic (exact) mass is 516 g/mol. The van der Waals surface area contributed by atoms with E-state index in [0.717, 1.165) is 35.0 Å². The number of carbonyl (C=O) groups excluding carboxylic acids is 1. The zero-order valence-corrected chi connectivity index (χ0v) is 21.6. The molecule has 0 fully saturated rings. The highest BCUT2D eigenvalue weighted by atomic mass is 32.2. The van der Waals surface area contributed by atoms with E-state index in [2.05, 4.69) is 17.1 Å². The van der Waals surface area contributed by atoms with Crippen molar-refractivity contribution in [2.75, 3.05) is 12.9 Å². The summed E-state index contributed by atoms with van der Waals surface area (Å²) in [6.07, 6.45) is 2.92. The van der Waals surface area contributed by atoms with Gasteiger partial charge in [0, 0.05) is 10.4 Å². The van der Waals surface area contributed by atoms with Crippen LogP contribution in [-0.2, 0) is 12.8 Å². The molecule has 3 aromatic heterocycles. The maximum absolute atomic E-state index is 14.0. The van der Waals surface area contributed by atoms with Gasteiger partial charge in [0.15, 0.2) is 10.9 Å². The van der Waals surface area contributed by atoms with Gasteiger partial charge in [-0.3, -0.25) is 9.59 Å². The first-order chi connectivity index (χ1) is 17.5. The molecule has 0 saturated heterocycles. The third-order valence-corrected chi connectivity index (χ3v) is 8.86. The largest absolute Gasteiger partial charge is 0.497 e. The minimum atomic E-state index is -0.0842. The fourth-order valence-corrected chi connectivity index (χ4v) is 7.18. The van der Waals surface area contributed by atoms with E-state index in [1.807, 2.05) is 59.0 Å². The Morgan fingerprint density at radius 2 is 1.92 bits per heavy atom. The summed E-state index contributed by atoms with van der Waals surface area (Å²) < 4.78 is 8.89. The SMILES string of the molecule is COc1ccc(-n2c(=O)c3c4c(sc3n3c(SCC(=O)c5ccccc5)nnc23)C[C@@H](C)CC4)cc1. The number of ether oxygens (including phenoxy) is 1. The number of thioether (sulfide) groups is 1. The summed E-state index contributed by atoms with van der Waals surface area (Å²) in [5.74, 6) is 2.00. The summed E-state index contributed by atoms with van der Waals surface area (Å²) in [5.41, 5.74) is 2.42. The number of aromatic nitrogens is 4. The molecule has 0 saturated carbocycles. The average Bonchev–Trinajstić information content (AvgIpc) is 3.49. The van der Waals surface area contributed by atoms with Gasteiger partial charge < -0.3 is 4.74 Å². The predicted molar refractivity (Wildman–Crippen MR) is 143 cm³/mol. The summed E-state index contributed by atoms with van der Waals surface area (Å²) in [6, 6.07) is 16.6. The van der Waals surface area contributed by atoms with Crippen LogP contribution in [0.5, 0.6) is 5.75 Å². The second-order valence-electron chi connectivity index (χ2n) is 9.07. The first-order valence-corrected chi connectivity index (χ1v) is 13.6. The second-order valence-corrected chi connectivity index (χ2v) is 11.1. The molecule has 36 heavy (non-hydrogen) atoms. The van der Waals surface area contributed by atoms with E-state index >= 15 is 0 Å². The van der Waals surface area contributed by atoms with E-state index in [1.165, 1.54) is 16.6 Å². The second kappa shape index (κ2) is 9.22. The Balaban J connectivity index is 1.53. The van der Waals surface area contributed by atoms with Crippen LogP contribution in [0.1, 0.15) is 34.1 Å². The van der Waals surface area contributed by atoms with Crippen molar-refractivity contribution >= 4 is 44.9 Å². The van der Waals surface area contributed by atoms with Gasteiger partial charge in [0.2, 0.25) is 5.78 Å². The van der Waals surface area contributed by atoms with Crippen molar-refractivity contribution in [3.63, 3.8) is 0 Å². The number of rotatable bonds is 6. The van der Waals surface area contributed by atoms with Crippen molar-refractivity contribution in [1.82, 2.24) is 19.2 Å². The van der Waals surface area contributed by atoms with E-state index in [0.29, 0.717) is 33.9 Å². The lowest BCUT2D eigenvalue weighted by atomic mass is 9.89. The molecule has 0 spiro atoms. The van der Waals surface area contributed by atoms with Gasteiger partial charge in [0.1, 0.15) is 10.6 Å². The molecule has 0 amide bonds. The fraction of sp³-hybridized carbons (Fsp3) is 0.259. The summed E-state index contributed by atoms with van der Waals surface area (Å²) in [4.78, 5) is 28.9. The summed E-state index contributed by atoms with van der Waals surface area (Å²) >= 11 is 3.01. The van der Waals surface area contributed by atoms with Crippen LogP contribution in [0.3, 0.4) is 0 Å². The highest BCUT2D eigenvalue weighted by molar-refractivity contribution is 7.99. The molecule has 5 aromatic rings. The standard InChI is InChI=1S/C27H24N4O3S2/c1-16-8-13-20-22(14-16)36-25-23(20)24(33)30(18-9-11-19(34-2)12-10-18)26-28-29-27(31(25)26)35-15-21(32)17-6-4-3-5-7-17/h3-7,9-12,16H,8,13-15H2,1-2H3/t16-/m0/s1. The number of thiophene rings is 1. The number of benzene rings is 2. The number of fused-ring (bicyclic) bond motifs is 5. The van der Waals surface area contributed by atoms with Crippen LogP contribution < -0.4 is 10.3 Å². The zero-order valence-electron chi connectivity index (χ0n) is 19.9. The van der Waals surface area contributed by atoms with E-state index in [-0.39, 0.29) is 17.1 Å². The van der Waals surface area contributed by atoms with Gasteiger partial charge in [0.05, 0.1) is 23.9 Å². The van der Waals surface area contributed by atoms with E-state index in [9.17, 15) is 9.59 Å². The zero-order chi connectivity index (χ0) is 24.8. The molecule has 1 aliphatic carbocycles. The van der Waals surface area contributed by atoms with Crippen LogP contribution in [-0.4, -0.2) is 37.8 Å². The fourth-order valence-electron chi connectivity index (χ4n) is 4.80. The number of carbonyl (C=O) groups is 1. The molecule has 2 aromatic carbocycles. The Morgan fingerprint density at radius 1 is 1.14 bits per heavy atom. The molecule has 0 bridgehead atoms. The van der Waals surface area contributed by atoms with E-state index < -0.39 is 0 Å². The van der Waals surface area contributed by atoms with Gasteiger partial charge in [-0.2, -0.15) is 0 Å². The Morgan fingerprint density at radius 3 is 2.67 bits per heavy atom. The molecule has 0 unspecified atom stereocenters. The summed E-state index contributed by atoms with van der Waals surface area (Å²) in [6.45, 7) is 2.26. The van der Waals surface area contributed by atoms with Crippen molar-refractivity contribution in [3.8, 4) is 11.4 Å². The molecule has 0 aliphatic heterocycles. The Labute approximate surface area is 215 Å². The quantitative estimate of drug-likeness (QED) is 0.228. The van der Waals surface area contributed by atoms with Gasteiger partial charge >= 0.3 is 0 Å². The number of aryl methyl sites for hydroxylation is 1. The molecule has 1 atom stereocenters. The van der Waals surface area contributed by atoms with Crippen molar-refractivity contribution in [2.24, 2.45) is 5.92 Å². The topological polar surface area (TPSA) is 78.5 Å². The maximum Gasteiger partial charge on any atom is 0.268 e. The summed E-state index contributed by atoms with van der Waals surface area (Å²) in [7, 11) is 1.61. The van der Waals surface area contributed by atoms with Gasteiger partial charge in [-0.05, 0) is 55.0 Å². The molecular weight excluding hydrogens is 492 g/mol. The molecule has 7 nitrogen and oxygen atoms in total. The number of nitrogens with zero attached hydrogens (tertiary/aromatic N) is 4. The highest BCUT2D eigenvalue weighted by Gasteiger charge is 2.27. The van der Waals surface area contributed by atoms with Crippen molar-refractivity contribution in [3.05, 3.63) is 81.0 Å². The maximum atomic E-state index is 14.0. The van der Waals surface area contributed by atoms with E-state index in [4.69, 9.17) is 4.74 Å². The normalized spacial score (nSPS) is 15.3. The Kier molecular flexibility index (Phi) is 5.89. The van der Waals surface area contributed by atoms with Crippen LogP contribution in [0, 0.1) is 5.92 Å². The minimum absolute atomic E-state index is 0.0244. The van der Waals surface area contributed by atoms with Crippen molar-refractivity contribution < 1.29 is 9.53 Å². The Hall–Kier alpha value is -3.43. The van der Waals surface area contributed by atoms with Gasteiger partial charge in [-0.1, -0.05) is 49.0 Å². The highest BCUT2D eigenvalue weighted by Crippen LogP contribution is 2.38. The lowest BCUT2D eigenvalue weighted by Gasteiger charge is -2.17. The predicted octanol–water partition coefficient (Wildman–Crippen LogP) is 5.20. The molecule has 1 aliphatic rings. The van der Waals surface area contributed by atoms with Crippen molar-refractivity contribution in [1.29, 1.82) is 0 Å². The lowest BCUT2D eigenvalue weighted by molar-refractivity contribution is 0.102. The lowest BCUT2D eigenvalue weighted by Crippen LogP contribution is -2.22. The van der Waals surface area contributed by atoms with Crippen LogP contribution in [0.4, 0.5) is 0 Å². The first kappa shape index (κ1) is 23.0. The number of ketones is 1. The Bertz CT molecular complexity index is 1650. The van der Waals surface area contributed by atoms with Crippen LogP contribution in [0.15, 0.2) is 64.5 Å². The van der Waals surface area contributed by atoms with Gasteiger partial charge in [-0.15, -0.1) is 21.5 Å².